The summed E-state index contributed by atoms with van der Waals surface area (Å²) in [5.41, 5.74) is 2.36. The van der Waals surface area contributed by atoms with Gasteiger partial charge in [0.2, 0.25) is 0 Å². The molecule has 0 spiro atoms. The molecule has 166 valence electrons. The maximum Gasteiger partial charge on any atom is 0.310 e. The highest BCUT2D eigenvalue weighted by Crippen LogP contribution is 2.45. The molecular weight excluding hydrogens is 416 g/mol. The van der Waals surface area contributed by atoms with Crippen molar-refractivity contribution in [3.63, 3.8) is 0 Å². The Morgan fingerprint density at radius 1 is 1.19 bits per heavy atom. The van der Waals surface area contributed by atoms with Crippen molar-refractivity contribution in [1.82, 2.24) is 15.2 Å². The van der Waals surface area contributed by atoms with Crippen LogP contribution in [0.25, 0.3) is 10.9 Å². The molecule has 1 aromatic carbocycles. The van der Waals surface area contributed by atoms with Crippen LogP contribution in [-0.2, 0) is 10.7 Å². The number of morpholine rings is 1. The van der Waals surface area contributed by atoms with Crippen molar-refractivity contribution in [2.24, 2.45) is 0 Å². The third kappa shape index (κ3) is 3.06. The monoisotopic (exact) mass is 439 g/mol. The SMILES string of the molecule is C[C@@H](Nc1nncc2ncc(N3C4CCC3COC4)cc12)c1cccc2c1OCC2(F)F. The molecule has 2 bridgehead atoms. The Morgan fingerprint density at radius 3 is 2.81 bits per heavy atom. The van der Waals surface area contributed by atoms with Gasteiger partial charge in [0.25, 0.3) is 0 Å². The molecule has 2 saturated heterocycles. The van der Waals surface area contributed by atoms with Crippen LogP contribution in [-0.4, -0.2) is 47.1 Å². The van der Waals surface area contributed by atoms with E-state index in [1.807, 2.05) is 13.1 Å². The van der Waals surface area contributed by atoms with Crippen molar-refractivity contribution in [3.8, 4) is 5.75 Å². The number of ether oxygens (including phenoxy) is 2. The standard InChI is InChI=1S/C23H23F2N5O2/c1-13(17-3-2-4-19-21(17)32-12-23(19,24)25)28-22-18-7-16(8-26-20(18)9-27-29-22)30-14-5-6-15(30)11-31-10-14/h2-4,7-9,13-15H,5-6,10-12H2,1H3,(H,28,29)/t13-,14?,15?/m1/s1. The Balaban J connectivity index is 1.35. The van der Waals surface area contributed by atoms with Gasteiger partial charge in [0.05, 0.1) is 60.5 Å². The Morgan fingerprint density at radius 2 is 2.00 bits per heavy atom. The third-order valence-corrected chi connectivity index (χ3v) is 6.69. The molecular formula is C23H23F2N5O2. The normalized spacial score (nSPS) is 24.3. The fourth-order valence-electron chi connectivity index (χ4n) is 5.12. The summed E-state index contributed by atoms with van der Waals surface area (Å²) in [7, 11) is 0. The quantitative estimate of drug-likeness (QED) is 0.658. The lowest BCUT2D eigenvalue weighted by atomic mass is 10.0. The van der Waals surface area contributed by atoms with Crippen molar-refractivity contribution in [2.45, 2.75) is 43.8 Å². The highest BCUT2D eigenvalue weighted by atomic mass is 19.3. The first kappa shape index (κ1) is 19.6. The van der Waals surface area contributed by atoms with E-state index in [9.17, 15) is 8.78 Å². The first-order valence-electron chi connectivity index (χ1n) is 10.9. The summed E-state index contributed by atoms with van der Waals surface area (Å²) in [4.78, 5) is 7.03. The van der Waals surface area contributed by atoms with Crippen LogP contribution in [0.15, 0.2) is 36.7 Å². The minimum absolute atomic E-state index is 0.0700. The van der Waals surface area contributed by atoms with Gasteiger partial charge in [-0.15, -0.1) is 5.10 Å². The number of fused-ring (bicyclic) bond motifs is 4. The maximum absolute atomic E-state index is 14.1. The second-order valence-corrected chi connectivity index (χ2v) is 8.73. The van der Waals surface area contributed by atoms with Crippen molar-refractivity contribution < 1.29 is 18.3 Å². The van der Waals surface area contributed by atoms with E-state index in [0.29, 0.717) is 23.5 Å². The number of nitrogens with zero attached hydrogens (tertiary/aromatic N) is 4. The van der Waals surface area contributed by atoms with Crippen LogP contribution in [0, 0.1) is 0 Å². The van der Waals surface area contributed by atoms with Gasteiger partial charge in [-0.1, -0.05) is 12.1 Å². The van der Waals surface area contributed by atoms with E-state index >= 15 is 0 Å². The second-order valence-electron chi connectivity index (χ2n) is 8.73. The van der Waals surface area contributed by atoms with E-state index in [1.54, 1.807) is 18.3 Å². The van der Waals surface area contributed by atoms with Crippen molar-refractivity contribution >= 4 is 22.4 Å². The molecule has 0 radical (unpaired) electrons. The number of para-hydroxylation sites is 1. The number of halogens is 2. The molecule has 0 aliphatic carbocycles. The predicted octanol–water partition coefficient (Wildman–Crippen LogP) is 4.05. The highest BCUT2D eigenvalue weighted by molar-refractivity contribution is 5.90. The van der Waals surface area contributed by atoms with Crippen LogP contribution in [0.4, 0.5) is 20.3 Å². The number of benzene rings is 1. The van der Waals surface area contributed by atoms with Gasteiger partial charge in [-0.05, 0) is 31.9 Å². The maximum atomic E-state index is 14.1. The largest absolute Gasteiger partial charge is 0.486 e. The van der Waals surface area contributed by atoms with Gasteiger partial charge < -0.3 is 19.7 Å². The first-order valence-corrected chi connectivity index (χ1v) is 10.9. The van der Waals surface area contributed by atoms with E-state index in [2.05, 4.69) is 31.5 Å². The molecule has 2 fully saturated rings. The van der Waals surface area contributed by atoms with Crippen LogP contribution >= 0.6 is 0 Å². The number of pyridine rings is 1. The van der Waals surface area contributed by atoms with Crippen molar-refractivity contribution in [2.75, 3.05) is 30.0 Å². The fraction of sp³-hybridized carbons (Fsp3) is 0.435. The van der Waals surface area contributed by atoms with Crippen LogP contribution in [0.3, 0.4) is 0 Å². The molecule has 3 atom stereocenters. The minimum Gasteiger partial charge on any atom is -0.486 e. The highest BCUT2D eigenvalue weighted by Gasteiger charge is 2.43. The van der Waals surface area contributed by atoms with E-state index < -0.39 is 12.5 Å². The van der Waals surface area contributed by atoms with E-state index in [0.717, 1.165) is 42.6 Å². The molecule has 0 saturated carbocycles. The minimum atomic E-state index is -2.97. The van der Waals surface area contributed by atoms with Gasteiger partial charge in [0.15, 0.2) is 12.4 Å². The zero-order valence-corrected chi connectivity index (χ0v) is 17.6. The number of alkyl halides is 2. The molecule has 3 aliphatic heterocycles. The van der Waals surface area contributed by atoms with Gasteiger partial charge in [0.1, 0.15) is 5.75 Å². The topological polar surface area (TPSA) is 72.4 Å². The number of anilines is 2. The molecule has 32 heavy (non-hydrogen) atoms. The smallest absolute Gasteiger partial charge is 0.310 e. The average molecular weight is 439 g/mol. The molecule has 1 N–H and O–H groups in total. The molecule has 3 aliphatic rings. The zero-order valence-electron chi connectivity index (χ0n) is 17.6. The van der Waals surface area contributed by atoms with E-state index in [1.165, 1.54) is 6.07 Å². The second kappa shape index (κ2) is 7.23. The summed E-state index contributed by atoms with van der Waals surface area (Å²) in [6, 6.07) is 7.35. The molecule has 2 unspecified atom stereocenters. The summed E-state index contributed by atoms with van der Waals surface area (Å²) in [5, 5.41) is 12.6. The number of hydrogen-bond acceptors (Lipinski definition) is 7. The third-order valence-electron chi connectivity index (χ3n) is 6.69. The molecule has 3 aromatic rings. The number of nitrogens with one attached hydrogen (secondary N) is 1. The molecule has 9 heteroatoms. The van der Waals surface area contributed by atoms with Crippen LogP contribution < -0.4 is 15.0 Å². The van der Waals surface area contributed by atoms with E-state index in [4.69, 9.17) is 9.47 Å². The van der Waals surface area contributed by atoms with E-state index in [-0.39, 0.29) is 17.4 Å². The number of hydrogen-bond donors (Lipinski definition) is 1. The molecule has 6 rings (SSSR count). The van der Waals surface area contributed by atoms with Gasteiger partial charge in [-0.3, -0.25) is 4.98 Å². The van der Waals surface area contributed by atoms with Crippen LogP contribution in [0.5, 0.6) is 5.75 Å². The van der Waals surface area contributed by atoms with Crippen molar-refractivity contribution in [1.29, 1.82) is 0 Å². The predicted molar refractivity (Wildman–Crippen MR) is 115 cm³/mol. The summed E-state index contributed by atoms with van der Waals surface area (Å²) in [5.74, 6) is -2.16. The Bertz CT molecular complexity index is 1170. The Kier molecular flexibility index (Phi) is 4.43. The van der Waals surface area contributed by atoms with Crippen LogP contribution in [0.2, 0.25) is 0 Å². The van der Waals surface area contributed by atoms with Gasteiger partial charge in [-0.2, -0.15) is 13.9 Å². The Hall–Kier alpha value is -3.07. The van der Waals surface area contributed by atoms with Crippen molar-refractivity contribution in [3.05, 3.63) is 47.8 Å². The summed E-state index contributed by atoms with van der Waals surface area (Å²) >= 11 is 0. The van der Waals surface area contributed by atoms with Gasteiger partial charge >= 0.3 is 5.92 Å². The fourth-order valence-corrected chi connectivity index (χ4v) is 5.12. The summed E-state index contributed by atoms with van der Waals surface area (Å²) in [6.45, 7) is 2.73. The number of rotatable bonds is 4. The lowest BCUT2D eigenvalue weighted by Crippen LogP contribution is -2.45. The Labute approximate surface area is 183 Å². The number of aromatic nitrogens is 3. The first-order chi connectivity index (χ1) is 15.5. The van der Waals surface area contributed by atoms with Gasteiger partial charge in [0, 0.05) is 10.9 Å². The average Bonchev–Trinajstić information content (AvgIpc) is 3.24. The summed E-state index contributed by atoms with van der Waals surface area (Å²) in [6.07, 6.45) is 5.74. The van der Waals surface area contributed by atoms with Crippen LogP contribution in [0.1, 0.15) is 36.9 Å². The van der Waals surface area contributed by atoms with Gasteiger partial charge in [-0.25, -0.2) is 0 Å². The molecule has 2 aromatic heterocycles. The zero-order chi connectivity index (χ0) is 21.9. The molecule has 5 heterocycles. The summed E-state index contributed by atoms with van der Waals surface area (Å²) < 4.78 is 39.3. The molecule has 7 nitrogen and oxygen atoms in total. The lowest BCUT2D eigenvalue weighted by Gasteiger charge is -2.36. The molecule has 0 amide bonds. The lowest BCUT2D eigenvalue weighted by molar-refractivity contribution is -0.0214.